The van der Waals surface area contributed by atoms with Gasteiger partial charge in [-0.05, 0) is 28.8 Å². The van der Waals surface area contributed by atoms with Gasteiger partial charge in [0.2, 0.25) is 0 Å². The Hall–Kier alpha value is -1.16. The molecule has 0 atom stereocenters. The number of fused-ring (bicyclic) bond motifs is 1. The highest BCUT2D eigenvalue weighted by molar-refractivity contribution is 7.17. The van der Waals surface area contributed by atoms with Gasteiger partial charge in [0.15, 0.2) is 0 Å². The molecule has 0 aliphatic heterocycles. The Morgan fingerprint density at radius 2 is 2.17 bits per heavy atom. The Morgan fingerprint density at radius 3 is 3.06 bits per heavy atom. The highest BCUT2D eigenvalue weighted by atomic mass is 32.1. The number of nitrogens with one attached hydrogen (secondary N) is 1. The Bertz CT molecular complexity index is 492. The molecule has 0 radical (unpaired) electrons. The van der Waals surface area contributed by atoms with Crippen molar-refractivity contribution in [2.75, 3.05) is 19.8 Å². The predicted octanol–water partition coefficient (Wildman–Crippen LogP) is 3.58. The van der Waals surface area contributed by atoms with E-state index in [2.05, 4.69) is 41.5 Å². The van der Waals surface area contributed by atoms with Gasteiger partial charge in [0.05, 0.1) is 13.2 Å². The summed E-state index contributed by atoms with van der Waals surface area (Å²) in [4.78, 5) is 0. The maximum Gasteiger partial charge on any atom is 0.0591 e. The van der Waals surface area contributed by atoms with Crippen LogP contribution in [0, 0.1) is 0 Å². The highest BCUT2D eigenvalue weighted by Gasteiger charge is 2.01. The minimum absolute atomic E-state index is 0.760. The van der Waals surface area contributed by atoms with Gasteiger partial charge in [0.1, 0.15) is 0 Å². The maximum absolute atomic E-state index is 5.45. The quantitative estimate of drug-likeness (QED) is 0.579. The lowest BCUT2D eigenvalue weighted by Gasteiger charge is -2.05. The Labute approximate surface area is 112 Å². The van der Waals surface area contributed by atoms with Gasteiger partial charge in [-0.1, -0.05) is 24.3 Å². The van der Waals surface area contributed by atoms with Gasteiger partial charge in [0.25, 0.3) is 0 Å². The number of ether oxygens (including phenoxy) is 1. The minimum atomic E-state index is 0.760. The van der Waals surface area contributed by atoms with Crippen molar-refractivity contribution in [1.82, 2.24) is 5.32 Å². The van der Waals surface area contributed by atoms with E-state index < -0.39 is 0 Å². The van der Waals surface area contributed by atoms with E-state index in [0.29, 0.717) is 0 Å². The molecule has 0 saturated heterocycles. The lowest BCUT2D eigenvalue weighted by atomic mass is 10.2. The zero-order chi connectivity index (χ0) is 12.6. The van der Waals surface area contributed by atoms with Crippen LogP contribution < -0.4 is 5.32 Å². The lowest BCUT2D eigenvalue weighted by Crippen LogP contribution is -2.19. The smallest absolute Gasteiger partial charge is 0.0591 e. The third kappa shape index (κ3) is 3.67. The molecule has 1 aromatic heterocycles. The predicted molar refractivity (Wildman–Crippen MR) is 79.2 cm³/mol. The van der Waals surface area contributed by atoms with Gasteiger partial charge >= 0.3 is 0 Å². The Morgan fingerprint density at radius 1 is 1.28 bits per heavy atom. The summed E-state index contributed by atoms with van der Waals surface area (Å²) in [6, 6.07) is 8.53. The molecular weight excluding hydrogens is 242 g/mol. The van der Waals surface area contributed by atoms with Crippen molar-refractivity contribution in [2.45, 2.75) is 13.0 Å². The van der Waals surface area contributed by atoms with Crippen LogP contribution >= 0.6 is 11.3 Å². The molecule has 0 bridgehead atoms. The van der Waals surface area contributed by atoms with Gasteiger partial charge in [-0.25, -0.2) is 0 Å². The van der Waals surface area contributed by atoms with Crippen LogP contribution in [0.25, 0.3) is 10.1 Å². The second-order valence-electron chi connectivity index (χ2n) is 4.12. The van der Waals surface area contributed by atoms with E-state index in [1.807, 2.05) is 6.08 Å². The van der Waals surface area contributed by atoms with Crippen molar-refractivity contribution in [2.24, 2.45) is 0 Å². The highest BCUT2D eigenvalue weighted by Crippen LogP contribution is 2.25. The van der Waals surface area contributed by atoms with Gasteiger partial charge in [-0.3, -0.25) is 0 Å². The first-order chi connectivity index (χ1) is 8.92. The Balaban J connectivity index is 1.72. The molecule has 1 heterocycles. The van der Waals surface area contributed by atoms with Crippen molar-refractivity contribution < 1.29 is 4.74 Å². The fourth-order valence-corrected chi connectivity index (χ4v) is 2.77. The number of benzene rings is 1. The molecular formula is C15H19NOS. The molecule has 2 aromatic rings. The summed E-state index contributed by atoms with van der Waals surface area (Å²) in [7, 11) is 0. The zero-order valence-electron chi connectivity index (χ0n) is 10.5. The molecule has 0 aliphatic rings. The molecule has 0 spiro atoms. The summed E-state index contributed by atoms with van der Waals surface area (Å²) in [6.45, 7) is 6.99. The fourth-order valence-electron chi connectivity index (χ4n) is 1.81. The third-order valence-corrected chi connectivity index (χ3v) is 3.78. The zero-order valence-corrected chi connectivity index (χ0v) is 11.3. The van der Waals surface area contributed by atoms with Crippen molar-refractivity contribution in [3.05, 3.63) is 47.9 Å². The van der Waals surface area contributed by atoms with Crippen molar-refractivity contribution in [3.63, 3.8) is 0 Å². The molecule has 0 aliphatic carbocycles. The molecule has 0 saturated carbocycles. The molecule has 1 N–H and O–H groups in total. The normalized spacial score (nSPS) is 10.9. The molecule has 2 nitrogen and oxygen atoms in total. The van der Waals surface area contributed by atoms with Crippen molar-refractivity contribution >= 4 is 21.4 Å². The SMILES string of the molecule is C=CCCOCCNCc1csc2ccccc12. The molecule has 96 valence electrons. The number of thiophene rings is 1. The van der Waals surface area contributed by atoms with Gasteiger partial charge in [-0.2, -0.15) is 0 Å². The average molecular weight is 261 g/mol. The van der Waals surface area contributed by atoms with Crippen LogP contribution in [0.2, 0.25) is 0 Å². The van der Waals surface area contributed by atoms with Gasteiger partial charge in [-0.15, -0.1) is 17.9 Å². The van der Waals surface area contributed by atoms with Crippen LogP contribution in [-0.4, -0.2) is 19.8 Å². The number of hydrogen-bond donors (Lipinski definition) is 1. The second-order valence-corrected chi connectivity index (χ2v) is 5.03. The Kier molecular flexibility index (Phi) is 5.39. The van der Waals surface area contributed by atoms with Crippen LogP contribution in [0.3, 0.4) is 0 Å². The molecule has 1 aromatic carbocycles. The lowest BCUT2D eigenvalue weighted by molar-refractivity contribution is 0.140. The first-order valence-corrected chi connectivity index (χ1v) is 7.14. The summed E-state index contributed by atoms with van der Waals surface area (Å²) >= 11 is 1.81. The molecule has 0 unspecified atom stereocenters. The van der Waals surface area contributed by atoms with E-state index in [9.17, 15) is 0 Å². The van der Waals surface area contributed by atoms with E-state index in [1.165, 1.54) is 15.6 Å². The van der Waals surface area contributed by atoms with Crippen LogP contribution in [0.4, 0.5) is 0 Å². The standard InChI is InChI=1S/C15H19NOS/c1-2-3-9-17-10-8-16-11-13-12-18-15-7-5-4-6-14(13)15/h2,4-7,12,16H,1,3,8-11H2. The first kappa shape index (κ1) is 13.3. The molecule has 0 fully saturated rings. The minimum Gasteiger partial charge on any atom is -0.380 e. The number of rotatable bonds is 8. The fraction of sp³-hybridized carbons (Fsp3) is 0.333. The summed E-state index contributed by atoms with van der Waals surface area (Å²) < 4.78 is 6.81. The van der Waals surface area contributed by atoms with E-state index >= 15 is 0 Å². The molecule has 2 rings (SSSR count). The van der Waals surface area contributed by atoms with Crippen LogP contribution in [0.1, 0.15) is 12.0 Å². The van der Waals surface area contributed by atoms with Crippen molar-refractivity contribution in [3.8, 4) is 0 Å². The van der Waals surface area contributed by atoms with Gasteiger partial charge < -0.3 is 10.1 Å². The topological polar surface area (TPSA) is 21.3 Å². The molecule has 18 heavy (non-hydrogen) atoms. The van der Waals surface area contributed by atoms with Crippen molar-refractivity contribution in [1.29, 1.82) is 0 Å². The third-order valence-electron chi connectivity index (χ3n) is 2.77. The van der Waals surface area contributed by atoms with Crippen LogP contribution in [-0.2, 0) is 11.3 Å². The largest absolute Gasteiger partial charge is 0.380 e. The van der Waals surface area contributed by atoms with Crippen LogP contribution in [0.5, 0.6) is 0 Å². The summed E-state index contributed by atoms with van der Waals surface area (Å²) in [6.07, 6.45) is 2.81. The molecule has 0 amide bonds. The monoisotopic (exact) mass is 261 g/mol. The van der Waals surface area contributed by atoms with E-state index in [1.54, 1.807) is 11.3 Å². The number of hydrogen-bond acceptors (Lipinski definition) is 3. The summed E-state index contributed by atoms with van der Waals surface area (Å²) in [5.74, 6) is 0. The second kappa shape index (κ2) is 7.31. The first-order valence-electron chi connectivity index (χ1n) is 6.26. The van der Waals surface area contributed by atoms with Crippen LogP contribution in [0.15, 0.2) is 42.3 Å². The maximum atomic E-state index is 5.45. The average Bonchev–Trinajstić information content (AvgIpc) is 2.81. The summed E-state index contributed by atoms with van der Waals surface area (Å²) in [5.41, 5.74) is 1.38. The van der Waals surface area contributed by atoms with E-state index in [0.717, 1.165) is 32.7 Å². The molecule has 3 heteroatoms. The summed E-state index contributed by atoms with van der Waals surface area (Å²) in [5, 5.41) is 7.01. The van der Waals surface area contributed by atoms with Gasteiger partial charge in [0, 0.05) is 17.8 Å². The van der Waals surface area contributed by atoms with E-state index in [-0.39, 0.29) is 0 Å². The van der Waals surface area contributed by atoms with E-state index in [4.69, 9.17) is 4.74 Å².